The van der Waals surface area contributed by atoms with Crippen LogP contribution in [0.2, 0.25) is 0 Å². The molecule has 0 unspecified atom stereocenters. The van der Waals surface area contributed by atoms with Crippen LogP contribution in [0, 0.1) is 0 Å². The predicted molar refractivity (Wildman–Crippen MR) is 159 cm³/mol. The van der Waals surface area contributed by atoms with Crippen LogP contribution in [-0.4, -0.2) is 17.2 Å². The van der Waals surface area contributed by atoms with E-state index in [1.165, 1.54) is 0 Å². The summed E-state index contributed by atoms with van der Waals surface area (Å²) in [6.07, 6.45) is 1.79. The summed E-state index contributed by atoms with van der Waals surface area (Å²) in [4.78, 5) is 6.70. The van der Waals surface area contributed by atoms with Gasteiger partial charge in [0.1, 0.15) is 34.8 Å². The van der Waals surface area contributed by atoms with Crippen LogP contribution >= 0.6 is 28.1 Å². The zero-order valence-electron chi connectivity index (χ0n) is 21.0. The highest BCUT2D eigenvalue weighted by Gasteiger charge is 2.42. The third kappa shape index (κ3) is 5.26. The summed E-state index contributed by atoms with van der Waals surface area (Å²) in [5.41, 5.74) is 2.80. The van der Waals surface area contributed by atoms with Crippen LogP contribution in [0.1, 0.15) is 23.5 Å². The number of anilines is 1. The van der Waals surface area contributed by atoms with Gasteiger partial charge in [0, 0.05) is 21.9 Å². The minimum absolute atomic E-state index is 0.196. The van der Waals surface area contributed by atoms with Gasteiger partial charge in [-0.2, -0.15) is 0 Å². The van der Waals surface area contributed by atoms with Crippen molar-refractivity contribution in [2.75, 3.05) is 12.0 Å². The number of nitrogens with one attached hydrogen (secondary N) is 1. The van der Waals surface area contributed by atoms with Crippen molar-refractivity contribution in [3.05, 3.63) is 125 Å². The number of pyridine rings is 1. The molecule has 5 aromatic rings. The van der Waals surface area contributed by atoms with Crippen molar-refractivity contribution in [2.24, 2.45) is 0 Å². The lowest BCUT2D eigenvalue weighted by molar-refractivity contribution is 0.413. The van der Waals surface area contributed by atoms with Gasteiger partial charge in [-0.3, -0.25) is 4.98 Å². The summed E-state index contributed by atoms with van der Waals surface area (Å²) >= 11 is 9.35. The van der Waals surface area contributed by atoms with E-state index in [2.05, 4.69) is 31.1 Å². The molecule has 2 aromatic heterocycles. The van der Waals surface area contributed by atoms with Gasteiger partial charge in [-0.25, -0.2) is 0 Å². The Hall–Kier alpha value is -4.14. The molecular formula is C31H24BrN3O3S. The maximum atomic E-state index is 6.45. The van der Waals surface area contributed by atoms with E-state index in [0.717, 1.165) is 50.2 Å². The number of thiocarbonyl (C=S) groups is 1. The maximum Gasteiger partial charge on any atom is 0.174 e. The first-order valence-electron chi connectivity index (χ1n) is 12.4. The minimum Gasteiger partial charge on any atom is -0.497 e. The fourth-order valence-corrected chi connectivity index (χ4v) is 5.27. The average molecular weight is 599 g/mol. The number of nitrogens with zero attached hydrogens (tertiary/aromatic N) is 2. The predicted octanol–water partition coefficient (Wildman–Crippen LogP) is 8.08. The van der Waals surface area contributed by atoms with Crippen LogP contribution in [0.15, 0.2) is 118 Å². The molecule has 0 spiro atoms. The zero-order chi connectivity index (χ0) is 26.8. The fraction of sp³-hybridized carbons (Fsp3) is 0.0968. The van der Waals surface area contributed by atoms with Crippen molar-refractivity contribution in [3.8, 4) is 28.6 Å². The van der Waals surface area contributed by atoms with Crippen molar-refractivity contribution >= 4 is 38.9 Å². The van der Waals surface area contributed by atoms with E-state index in [-0.39, 0.29) is 12.1 Å². The second-order valence-electron chi connectivity index (χ2n) is 8.98. The molecule has 0 saturated carbocycles. The molecule has 6 rings (SSSR count). The lowest BCUT2D eigenvalue weighted by atomic mass is 10.0. The number of rotatable bonds is 7. The Morgan fingerprint density at radius 1 is 0.846 bits per heavy atom. The van der Waals surface area contributed by atoms with Crippen LogP contribution in [0.5, 0.6) is 17.2 Å². The SMILES string of the molecule is COc1ccc(Oc2ccc(N3C(=S)N[C@H](c4ccccn4)[C@@H]3c3ccc(-c4ccc(Br)cc4)o3)cc2)cc1. The Balaban J connectivity index is 1.32. The second-order valence-corrected chi connectivity index (χ2v) is 10.3. The van der Waals surface area contributed by atoms with Crippen molar-refractivity contribution in [2.45, 2.75) is 12.1 Å². The molecule has 0 aliphatic carbocycles. The monoisotopic (exact) mass is 597 g/mol. The van der Waals surface area contributed by atoms with Crippen molar-refractivity contribution in [1.82, 2.24) is 10.3 Å². The van der Waals surface area contributed by atoms with E-state index >= 15 is 0 Å². The summed E-state index contributed by atoms with van der Waals surface area (Å²) in [7, 11) is 1.64. The fourth-order valence-electron chi connectivity index (χ4n) is 4.66. The topological polar surface area (TPSA) is 59.8 Å². The van der Waals surface area contributed by atoms with Gasteiger partial charge in [0.2, 0.25) is 0 Å². The molecule has 6 nitrogen and oxygen atoms in total. The molecule has 3 aromatic carbocycles. The number of ether oxygens (including phenoxy) is 2. The number of hydrogen-bond acceptors (Lipinski definition) is 5. The van der Waals surface area contributed by atoms with Crippen molar-refractivity contribution in [1.29, 1.82) is 0 Å². The van der Waals surface area contributed by atoms with Crippen LogP contribution in [0.3, 0.4) is 0 Å². The Morgan fingerprint density at radius 3 is 2.21 bits per heavy atom. The Morgan fingerprint density at radius 2 is 1.54 bits per heavy atom. The minimum atomic E-state index is -0.245. The number of halogens is 1. The molecular weight excluding hydrogens is 574 g/mol. The van der Waals surface area contributed by atoms with E-state index in [1.54, 1.807) is 13.3 Å². The number of furan rings is 1. The standard InChI is InChI=1S/C31H24BrN3O3S/c1-36-23-13-15-25(16-14-23)37-24-11-9-22(10-12-24)35-30(29(34-31(35)39)26-4-2-3-19-33-26)28-18-17-27(38-28)20-5-7-21(32)8-6-20/h2-19,29-30H,1H3,(H,34,39)/t29-,30+/m1/s1. The molecule has 194 valence electrons. The molecule has 0 radical (unpaired) electrons. The molecule has 8 heteroatoms. The lowest BCUT2D eigenvalue weighted by Crippen LogP contribution is -2.29. The molecule has 2 atom stereocenters. The normalized spacial score (nSPS) is 16.7. The number of methoxy groups -OCH3 is 1. The quantitative estimate of drug-likeness (QED) is 0.190. The molecule has 1 N–H and O–H groups in total. The number of aromatic nitrogens is 1. The van der Waals surface area contributed by atoms with Crippen LogP contribution < -0.4 is 19.7 Å². The lowest BCUT2D eigenvalue weighted by Gasteiger charge is -2.26. The first kappa shape index (κ1) is 25.2. The summed E-state index contributed by atoms with van der Waals surface area (Å²) < 4.78 is 18.7. The van der Waals surface area contributed by atoms with Crippen LogP contribution in [0.4, 0.5) is 5.69 Å². The third-order valence-electron chi connectivity index (χ3n) is 6.56. The van der Waals surface area contributed by atoms with Gasteiger partial charge in [-0.1, -0.05) is 34.1 Å². The van der Waals surface area contributed by atoms with E-state index in [4.69, 9.17) is 26.1 Å². The van der Waals surface area contributed by atoms with Crippen molar-refractivity contribution < 1.29 is 13.9 Å². The van der Waals surface area contributed by atoms with E-state index in [9.17, 15) is 0 Å². The smallest absolute Gasteiger partial charge is 0.174 e. The summed E-state index contributed by atoms with van der Waals surface area (Å²) in [5, 5.41) is 4.07. The van der Waals surface area contributed by atoms with Crippen molar-refractivity contribution in [3.63, 3.8) is 0 Å². The van der Waals surface area contributed by atoms with E-state index in [0.29, 0.717) is 5.11 Å². The highest BCUT2D eigenvalue weighted by molar-refractivity contribution is 9.10. The van der Waals surface area contributed by atoms with E-state index < -0.39 is 0 Å². The molecule has 1 fully saturated rings. The van der Waals surface area contributed by atoms with Gasteiger partial charge in [-0.15, -0.1) is 0 Å². The van der Waals surface area contributed by atoms with Crippen LogP contribution in [0.25, 0.3) is 11.3 Å². The molecule has 1 aliphatic heterocycles. The average Bonchev–Trinajstić information content (AvgIpc) is 3.59. The summed E-state index contributed by atoms with van der Waals surface area (Å²) in [6, 6.07) is 32.9. The van der Waals surface area contributed by atoms with E-state index in [1.807, 2.05) is 103 Å². The van der Waals surface area contributed by atoms with Gasteiger partial charge < -0.3 is 24.1 Å². The Bertz CT molecular complexity index is 1570. The van der Waals surface area contributed by atoms with Gasteiger partial charge >= 0.3 is 0 Å². The molecule has 0 bridgehead atoms. The highest BCUT2D eigenvalue weighted by atomic mass is 79.9. The summed E-state index contributed by atoms with van der Waals surface area (Å²) in [6.45, 7) is 0. The largest absolute Gasteiger partial charge is 0.497 e. The first-order chi connectivity index (χ1) is 19.1. The third-order valence-corrected chi connectivity index (χ3v) is 7.40. The first-order valence-corrected chi connectivity index (χ1v) is 13.6. The van der Waals surface area contributed by atoms with Gasteiger partial charge in [0.05, 0.1) is 18.8 Å². The highest BCUT2D eigenvalue weighted by Crippen LogP contribution is 2.43. The zero-order valence-corrected chi connectivity index (χ0v) is 23.4. The van der Waals surface area contributed by atoms with Gasteiger partial charge in [0.25, 0.3) is 0 Å². The Labute approximate surface area is 240 Å². The molecule has 1 aliphatic rings. The molecule has 39 heavy (non-hydrogen) atoms. The molecule has 1 saturated heterocycles. The van der Waals surface area contributed by atoms with Gasteiger partial charge in [-0.05, 0) is 97.1 Å². The second kappa shape index (κ2) is 10.9. The Kier molecular flexibility index (Phi) is 7.04. The van der Waals surface area contributed by atoms with Crippen LogP contribution in [-0.2, 0) is 0 Å². The molecule has 0 amide bonds. The number of hydrogen-bond donors (Lipinski definition) is 1. The molecule has 3 heterocycles. The summed E-state index contributed by atoms with van der Waals surface area (Å²) in [5.74, 6) is 3.80. The maximum absolute atomic E-state index is 6.45. The number of benzene rings is 3. The van der Waals surface area contributed by atoms with Gasteiger partial charge in [0.15, 0.2) is 5.11 Å².